The molecule has 2 fully saturated rings. The average Bonchev–Trinajstić information content (AvgIpc) is 2.76. The summed E-state index contributed by atoms with van der Waals surface area (Å²) in [5.41, 5.74) is 1.47. The molecule has 1 aromatic rings. The Kier molecular flexibility index (Phi) is 7.05. The second kappa shape index (κ2) is 9.49. The fourth-order valence-electron chi connectivity index (χ4n) is 4.11. The first kappa shape index (κ1) is 20.1. The quantitative estimate of drug-likeness (QED) is 0.543. The van der Waals surface area contributed by atoms with Gasteiger partial charge in [0, 0.05) is 37.4 Å². The summed E-state index contributed by atoms with van der Waals surface area (Å²) in [7, 11) is 0. The number of benzene rings is 1. The van der Waals surface area contributed by atoms with Crippen LogP contribution in [0.3, 0.4) is 0 Å². The predicted octanol–water partition coefficient (Wildman–Crippen LogP) is 3.15. The lowest BCUT2D eigenvalue weighted by molar-refractivity contribution is -0.0154. The van der Waals surface area contributed by atoms with Crippen molar-refractivity contribution in [3.8, 4) is 0 Å². The van der Waals surface area contributed by atoms with E-state index in [-0.39, 0.29) is 5.78 Å². The van der Waals surface area contributed by atoms with Gasteiger partial charge in [-0.15, -0.1) is 0 Å². The van der Waals surface area contributed by atoms with Crippen molar-refractivity contribution >= 4 is 11.5 Å². The highest BCUT2D eigenvalue weighted by Crippen LogP contribution is 2.31. The molecule has 148 valence electrons. The van der Waals surface area contributed by atoms with Crippen molar-refractivity contribution in [3.63, 3.8) is 0 Å². The molecule has 2 aliphatic rings. The zero-order valence-electron chi connectivity index (χ0n) is 16.7. The van der Waals surface area contributed by atoms with Crippen LogP contribution >= 0.6 is 0 Å². The molecule has 0 spiro atoms. The third kappa shape index (κ3) is 4.42. The van der Waals surface area contributed by atoms with E-state index in [0.717, 1.165) is 63.5 Å². The van der Waals surface area contributed by atoms with Gasteiger partial charge in [0.1, 0.15) is 0 Å². The first-order valence-electron chi connectivity index (χ1n) is 10.1. The number of anilines is 1. The fourth-order valence-corrected chi connectivity index (χ4v) is 4.11. The number of ether oxygens (including phenoxy) is 2. The minimum Gasteiger partial charge on any atom is -0.379 e. The monoisotopic (exact) mass is 372 g/mol. The number of Topliss-reactive ketones (excluding diaryl/α,β-unsaturated/α-hetero) is 1. The minimum atomic E-state index is -0.489. The normalized spacial score (nSPS) is 21.3. The second-order valence-corrected chi connectivity index (χ2v) is 7.23. The van der Waals surface area contributed by atoms with Gasteiger partial charge in [0.05, 0.1) is 32.0 Å². The molecule has 2 aliphatic heterocycles. The molecule has 2 saturated heterocycles. The summed E-state index contributed by atoms with van der Waals surface area (Å²) < 4.78 is 11.0. The summed E-state index contributed by atoms with van der Waals surface area (Å²) >= 11 is 0. The number of rotatable bonds is 7. The molecular weight excluding hydrogens is 340 g/mol. The predicted molar refractivity (Wildman–Crippen MR) is 109 cm³/mol. The Labute approximate surface area is 162 Å². The number of morpholine rings is 2. The van der Waals surface area contributed by atoms with Crippen LogP contribution in [0, 0.1) is 0 Å². The van der Waals surface area contributed by atoms with Crippen molar-refractivity contribution in [1.29, 1.82) is 0 Å². The SMILES string of the molecule is C/C=C/CC(CC)(C(=O)c1ccc(N2CCOCC2)cc1)N1CCOCC1. The van der Waals surface area contributed by atoms with Gasteiger partial charge in [-0.2, -0.15) is 0 Å². The van der Waals surface area contributed by atoms with Crippen LogP contribution in [0.1, 0.15) is 37.0 Å². The third-order valence-electron chi connectivity index (χ3n) is 5.82. The highest BCUT2D eigenvalue weighted by molar-refractivity contribution is 6.03. The zero-order valence-corrected chi connectivity index (χ0v) is 16.7. The van der Waals surface area contributed by atoms with E-state index in [1.54, 1.807) is 0 Å². The van der Waals surface area contributed by atoms with Gasteiger partial charge in [-0.1, -0.05) is 19.1 Å². The topological polar surface area (TPSA) is 42.0 Å². The number of ketones is 1. The van der Waals surface area contributed by atoms with Gasteiger partial charge < -0.3 is 14.4 Å². The van der Waals surface area contributed by atoms with E-state index in [0.29, 0.717) is 13.2 Å². The average molecular weight is 373 g/mol. The molecule has 1 unspecified atom stereocenters. The molecule has 0 bridgehead atoms. The van der Waals surface area contributed by atoms with Crippen LogP contribution in [-0.4, -0.2) is 68.8 Å². The van der Waals surface area contributed by atoms with Gasteiger partial charge in [0.25, 0.3) is 0 Å². The first-order chi connectivity index (χ1) is 13.2. The Hall–Kier alpha value is -1.69. The summed E-state index contributed by atoms with van der Waals surface area (Å²) in [6, 6.07) is 8.14. The molecule has 27 heavy (non-hydrogen) atoms. The van der Waals surface area contributed by atoms with E-state index in [1.807, 2.05) is 25.1 Å². The van der Waals surface area contributed by atoms with Gasteiger partial charge in [0.15, 0.2) is 5.78 Å². The van der Waals surface area contributed by atoms with E-state index in [9.17, 15) is 4.79 Å². The maximum absolute atomic E-state index is 13.6. The first-order valence-corrected chi connectivity index (χ1v) is 10.1. The maximum Gasteiger partial charge on any atom is 0.183 e. The van der Waals surface area contributed by atoms with Crippen molar-refractivity contribution in [1.82, 2.24) is 4.90 Å². The molecule has 1 aromatic carbocycles. The van der Waals surface area contributed by atoms with Crippen molar-refractivity contribution in [2.45, 2.75) is 32.2 Å². The Morgan fingerprint density at radius 3 is 2.19 bits per heavy atom. The van der Waals surface area contributed by atoms with Crippen LogP contribution in [-0.2, 0) is 9.47 Å². The second-order valence-electron chi connectivity index (χ2n) is 7.23. The Morgan fingerprint density at radius 2 is 1.63 bits per heavy atom. The number of carbonyl (C=O) groups is 1. The highest BCUT2D eigenvalue weighted by atomic mass is 16.5. The van der Waals surface area contributed by atoms with Crippen molar-refractivity contribution in [3.05, 3.63) is 42.0 Å². The number of nitrogens with zero attached hydrogens (tertiary/aromatic N) is 2. The van der Waals surface area contributed by atoms with E-state index in [1.165, 1.54) is 0 Å². The van der Waals surface area contributed by atoms with Crippen LogP contribution in [0.2, 0.25) is 0 Å². The fraction of sp³-hybridized carbons (Fsp3) is 0.591. The molecule has 5 heteroatoms. The molecule has 5 nitrogen and oxygen atoms in total. The summed E-state index contributed by atoms with van der Waals surface area (Å²) in [5, 5.41) is 0. The van der Waals surface area contributed by atoms with Crippen molar-refractivity contribution < 1.29 is 14.3 Å². The van der Waals surface area contributed by atoms with Crippen LogP contribution in [0.5, 0.6) is 0 Å². The van der Waals surface area contributed by atoms with E-state index >= 15 is 0 Å². The molecule has 0 aromatic heterocycles. The molecule has 0 amide bonds. The van der Waals surface area contributed by atoms with Gasteiger partial charge in [-0.3, -0.25) is 9.69 Å². The van der Waals surface area contributed by atoms with Gasteiger partial charge in [0.2, 0.25) is 0 Å². The Bertz CT molecular complexity index is 631. The Balaban J connectivity index is 1.83. The zero-order chi connectivity index (χ0) is 19.1. The molecule has 0 N–H and O–H groups in total. The molecule has 3 rings (SSSR count). The Morgan fingerprint density at radius 1 is 1.04 bits per heavy atom. The standard InChI is InChI=1S/C22H32N2O3/c1-3-5-10-22(4-2,24-13-17-27-18-14-24)21(25)19-6-8-20(9-7-19)23-11-15-26-16-12-23/h3,5-9H,4,10-18H2,1-2H3/b5-3+. The van der Waals surface area contributed by atoms with Gasteiger partial charge in [-0.25, -0.2) is 0 Å². The number of allylic oxidation sites excluding steroid dienone is 1. The molecule has 0 radical (unpaired) electrons. The van der Waals surface area contributed by atoms with Crippen molar-refractivity contribution in [2.24, 2.45) is 0 Å². The van der Waals surface area contributed by atoms with Gasteiger partial charge in [-0.05, 0) is 44.0 Å². The van der Waals surface area contributed by atoms with Crippen molar-refractivity contribution in [2.75, 3.05) is 57.5 Å². The van der Waals surface area contributed by atoms with E-state index in [4.69, 9.17) is 9.47 Å². The summed E-state index contributed by atoms with van der Waals surface area (Å²) in [6.45, 7) is 10.5. The van der Waals surface area contributed by atoms with Crippen LogP contribution < -0.4 is 4.90 Å². The lowest BCUT2D eigenvalue weighted by Gasteiger charge is -2.44. The van der Waals surface area contributed by atoms with Crippen LogP contribution in [0.4, 0.5) is 5.69 Å². The summed E-state index contributed by atoms with van der Waals surface area (Å²) in [6.07, 6.45) is 5.70. The lowest BCUT2D eigenvalue weighted by Crippen LogP contribution is -2.57. The third-order valence-corrected chi connectivity index (χ3v) is 5.82. The minimum absolute atomic E-state index is 0.221. The van der Waals surface area contributed by atoms with Gasteiger partial charge >= 0.3 is 0 Å². The lowest BCUT2D eigenvalue weighted by atomic mass is 9.81. The molecule has 2 heterocycles. The van der Waals surface area contributed by atoms with Crippen LogP contribution in [0.25, 0.3) is 0 Å². The largest absolute Gasteiger partial charge is 0.379 e. The maximum atomic E-state index is 13.6. The molecule has 0 saturated carbocycles. The number of hydrogen-bond donors (Lipinski definition) is 0. The highest BCUT2D eigenvalue weighted by Gasteiger charge is 2.42. The summed E-state index contributed by atoms with van der Waals surface area (Å²) in [4.78, 5) is 18.3. The number of hydrogen-bond acceptors (Lipinski definition) is 5. The molecule has 1 atom stereocenters. The van der Waals surface area contributed by atoms with E-state index < -0.39 is 5.54 Å². The number of carbonyl (C=O) groups excluding carboxylic acids is 1. The van der Waals surface area contributed by atoms with E-state index in [2.05, 4.69) is 34.9 Å². The van der Waals surface area contributed by atoms with Crippen LogP contribution in [0.15, 0.2) is 36.4 Å². The molecule has 0 aliphatic carbocycles. The summed E-state index contributed by atoms with van der Waals surface area (Å²) in [5.74, 6) is 0.221. The molecular formula is C22H32N2O3. The smallest absolute Gasteiger partial charge is 0.183 e.